The Labute approximate surface area is 145 Å². The number of nitrogens with zero attached hydrogens (tertiary/aromatic N) is 1. The van der Waals surface area contributed by atoms with Crippen LogP contribution in [0, 0.1) is 11.8 Å². The minimum Gasteiger partial charge on any atom is -0.353 e. The predicted octanol–water partition coefficient (Wildman–Crippen LogP) is 1.77. The van der Waals surface area contributed by atoms with Gasteiger partial charge >= 0.3 is 5.69 Å². The van der Waals surface area contributed by atoms with Crippen LogP contribution in [0.3, 0.4) is 0 Å². The van der Waals surface area contributed by atoms with Gasteiger partial charge in [0.2, 0.25) is 5.91 Å². The number of fused-ring (bicyclic) bond motifs is 1. The number of para-hydroxylation sites is 1. The zero-order valence-electron chi connectivity index (χ0n) is 14.2. The Balaban J connectivity index is 1.45. The third-order valence-electron chi connectivity index (χ3n) is 5.47. The maximum absolute atomic E-state index is 12.6. The van der Waals surface area contributed by atoms with E-state index in [0.717, 1.165) is 38.5 Å². The molecule has 0 unspecified atom stereocenters. The second-order valence-electron chi connectivity index (χ2n) is 7.39. The van der Waals surface area contributed by atoms with E-state index in [1.165, 1.54) is 4.57 Å². The lowest BCUT2D eigenvalue weighted by Gasteiger charge is -2.28. The van der Waals surface area contributed by atoms with Crippen LogP contribution in [0.5, 0.6) is 0 Å². The molecule has 132 valence electrons. The predicted molar refractivity (Wildman–Crippen MR) is 95.4 cm³/mol. The van der Waals surface area contributed by atoms with Crippen LogP contribution in [0.2, 0.25) is 0 Å². The van der Waals surface area contributed by atoms with Crippen molar-refractivity contribution in [3.8, 4) is 0 Å². The van der Waals surface area contributed by atoms with E-state index in [1.54, 1.807) is 24.3 Å². The van der Waals surface area contributed by atoms with Crippen molar-refractivity contribution in [3.63, 3.8) is 0 Å². The van der Waals surface area contributed by atoms with Gasteiger partial charge in [0, 0.05) is 18.5 Å². The smallest absolute Gasteiger partial charge is 0.328 e. The molecular formula is C19H23N3O3. The van der Waals surface area contributed by atoms with Crippen molar-refractivity contribution >= 4 is 16.8 Å². The first-order valence-electron chi connectivity index (χ1n) is 9.14. The standard InChI is InChI=1S/C19H23N3O3/c23-17(20-14-9-10-14)13-7-5-12(6-8-13)11-22-18(24)15-3-1-2-4-16(15)21-19(22)25/h1-4,12-14H,5-11H2,(H,20,23)(H,21,25). The molecule has 2 fully saturated rings. The molecule has 25 heavy (non-hydrogen) atoms. The summed E-state index contributed by atoms with van der Waals surface area (Å²) in [6.45, 7) is 0.427. The van der Waals surface area contributed by atoms with Crippen molar-refractivity contribution in [2.45, 2.75) is 51.1 Å². The zero-order chi connectivity index (χ0) is 17.4. The Morgan fingerprint density at radius 3 is 2.52 bits per heavy atom. The Morgan fingerprint density at radius 2 is 1.80 bits per heavy atom. The third-order valence-corrected chi connectivity index (χ3v) is 5.47. The quantitative estimate of drug-likeness (QED) is 0.889. The van der Waals surface area contributed by atoms with Gasteiger partial charge in [-0.1, -0.05) is 12.1 Å². The SMILES string of the molecule is O=C(NC1CC1)C1CCC(Cn2c(=O)[nH]c3ccccc3c2=O)CC1. The second kappa shape index (κ2) is 6.50. The molecule has 1 aromatic heterocycles. The summed E-state index contributed by atoms with van der Waals surface area (Å²) in [6.07, 6.45) is 5.64. The van der Waals surface area contributed by atoms with E-state index < -0.39 is 0 Å². The monoisotopic (exact) mass is 341 g/mol. The van der Waals surface area contributed by atoms with E-state index in [1.807, 2.05) is 0 Å². The first kappa shape index (κ1) is 16.1. The number of carbonyl (C=O) groups excluding carboxylic acids is 1. The lowest BCUT2D eigenvalue weighted by atomic mass is 9.81. The van der Waals surface area contributed by atoms with Crippen molar-refractivity contribution in [3.05, 3.63) is 45.1 Å². The van der Waals surface area contributed by atoms with Crippen molar-refractivity contribution < 1.29 is 4.79 Å². The first-order chi connectivity index (χ1) is 12.1. The summed E-state index contributed by atoms with van der Waals surface area (Å²) < 4.78 is 1.32. The van der Waals surface area contributed by atoms with E-state index in [9.17, 15) is 14.4 Å². The Kier molecular flexibility index (Phi) is 4.19. The number of H-pyrrole nitrogens is 1. The van der Waals surface area contributed by atoms with Crippen molar-refractivity contribution in [2.75, 3.05) is 0 Å². The molecule has 0 spiro atoms. The maximum Gasteiger partial charge on any atom is 0.328 e. The van der Waals surface area contributed by atoms with Crippen molar-refractivity contribution in [1.29, 1.82) is 0 Å². The summed E-state index contributed by atoms with van der Waals surface area (Å²) in [5.41, 5.74) is -0.000505. The number of aromatic nitrogens is 2. The highest BCUT2D eigenvalue weighted by molar-refractivity contribution is 5.79. The molecule has 6 nitrogen and oxygen atoms in total. The maximum atomic E-state index is 12.6. The highest BCUT2D eigenvalue weighted by Crippen LogP contribution is 2.30. The number of hydrogen-bond donors (Lipinski definition) is 2. The molecule has 0 bridgehead atoms. The highest BCUT2D eigenvalue weighted by atomic mass is 16.2. The van der Waals surface area contributed by atoms with Crippen LogP contribution in [-0.4, -0.2) is 21.5 Å². The fraction of sp³-hybridized carbons (Fsp3) is 0.526. The third kappa shape index (κ3) is 3.38. The van der Waals surface area contributed by atoms with E-state index >= 15 is 0 Å². The number of benzene rings is 1. The lowest BCUT2D eigenvalue weighted by molar-refractivity contribution is -0.126. The van der Waals surface area contributed by atoms with Crippen molar-refractivity contribution in [1.82, 2.24) is 14.9 Å². The molecule has 2 aliphatic rings. The number of hydrogen-bond acceptors (Lipinski definition) is 3. The fourth-order valence-corrected chi connectivity index (χ4v) is 3.78. The van der Waals surface area contributed by atoms with Crippen LogP contribution in [0.15, 0.2) is 33.9 Å². The van der Waals surface area contributed by atoms with Gasteiger partial charge in [-0.3, -0.25) is 14.2 Å². The van der Waals surface area contributed by atoms with Crippen LogP contribution >= 0.6 is 0 Å². The summed E-state index contributed by atoms with van der Waals surface area (Å²) in [5, 5.41) is 3.62. The topological polar surface area (TPSA) is 84.0 Å². The second-order valence-corrected chi connectivity index (χ2v) is 7.39. The summed E-state index contributed by atoms with van der Waals surface area (Å²) >= 11 is 0. The van der Waals surface area contributed by atoms with Gasteiger partial charge < -0.3 is 10.3 Å². The van der Waals surface area contributed by atoms with Gasteiger partial charge in [0.15, 0.2) is 0 Å². The van der Waals surface area contributed by atoms with Gasteiger partial charge in [0.25, 0.3) is 5.56 Å². The Morgan fingerprint density at radius 1 is 1.08 bits per heavy atom. The summed E-state index contributed by atoms with van der Waals surface area (Å²) in [5.74, 6) is 0.537. The largest absolute Gasteiger partial charge is 0.353 e. The summed E-state index contributed by atoms with van der Waals surface area (Å²) in [6, 6.07) is 7.49. The molecule has 2 aliphatic carbocycles. The fourth-order valence-electron chi connectivity index (χ4n) is 3.78. The van der Waals surface area contributed by atoms with Gasteiger partial charge in [0.05, 0.1) is 10.9 Å². The van der Waals surface area contributed by atoms with Crippen LogP contribution in [0.4, 0.5) is 0 Å². The van der Waals surface area contributed by atoms with E-state index in [0.29, 0.717) is 23.5 Å². The van der Waals surface area contributed by atoms with Crippen LogP contribution in [0.25, 0.3) is 10.9 Å². The minimum atomic E-state index is -0.350. The average Bonchev–Trinajstić information content (AvgIpc) is 3.43. The molecular weight excluding hydrogens is 318 g/mol. The number of carbonyl (C=O) groups is 1. The van der Waals surface area contributed by atoms with E-state index in [-0.39, 0.29) is 29.0 Å². The van der Waals surface area contributed by atoms with Crippen LogP contribution in [-0.2, 0) is 11.3 Å². The van der Waals surface area contributed by atoms with Crippen LogP contribution in [0.1, 0.15) is 38.5 Å². The lowest BCUT2D eigenvalue weighted by Crippen LogP contribution is -2.39. The molecule has 0 aliphatic heterocycles. The highest BCUT2D eigenvalue weighted by Gasteiger charge is 2.30. The minimum absolute atomic E-state index is 0.0865. The molecule has 1 heterocycles. The first-order valence-corrected chi connectivity index (χ1v) is 9.14. The van der Waals surface area contributed by atoms with E-state index in [2.05, 4.69) is 10.3 Å². The zero-order valence-corrected chi connectivity index (χ0v) is 14.2. The van der Waals surface area contributed by atoms with Crippen molar-refractivity contribution in [2.24, 2.45) is 11.8 Å². The molecule has 2 N–H and O–H groups in total. The molecule has 0 saturated heterocycles. The molecule has 2 aromatic rings. The van der Waals surface area contributed by atoms with Gasteiger partial charge in [0.1, 0.15) is 0 Å². The molecule has 6 heteroatoms. The molecule has 0 atom stereocenters. The van der Waals surface area contributed by atoms with Gasteiger partial charge in [-0.15, -0.1) is 0 Å². The molecule has 2 saturated carbocycles. The molecule has 0 radical (unpaired) electrons. The number of amides is 1. The number of aromatic amines is 1. The van der Waals surface area contributed by atoms with Crippen LogP contribution < -0.4 is 16.6 Å². The molecule has 1 aromatic carbocycles. The van der Waals surface area contributed by atoms with Gasteiger partial charge in [-0.25, -0.2) is 4.79 Å². The molecule has 1 amide bonds. The summed E-state index contributed by atoms with van der Waals surface area (Å²) in [4.78, 5) is 39.8. The number of rotatable bonds is 4. The van der Waals surface area contributed by atoms with E-state index in [4.69, 9.17) is 0 Å². The normalized spacial score (nSPS) is 23.5. The van der Waals surface area contributed by atoms with Gasteiger partial charge in [-0.2, -0.15) is 0 Å². The average molecular weight is 341 g/mol. The Hall–Kier alpha value is -2.37. The molecule has 4 rings (SSSR count). The van der Waals surface area contributed by atoms with Gasteiger partial charge in [-0.05, 0) is 56.6 Å². The Bertz CT molecular complexity index is 902. The summed E-state index contributed by atoms with van der Waals surface area (Å²) in [7, 11) is 0. The number of nitrogens with one attached hydrogen (secondary N) is 2.